The van der Waals surface area contributed by atoms with Crippen molar-refractivity contribution in [2.75, 3.05) is 13.2 Å². The Hall–Kier alpha value is -2.86. The lowest BCUT2D eigenvalue weighted by Crippen LogP contribution is -2.68. The van der Waals surface area contributed by atoms with Crippen LogP contribution in [0, 0.1) is 0 Å². The topological polar surface area (TPSA) is 81.7 Å². The lowest BCUT2D eigenvalue weighted by atomic mass is 9.74. The second-order valence-corrected chi connectivity index (χ2v) is 7.34. The van der Waals surface area contributed by atoms with E-state index in [9.17, 15) is 14.7 Å². The summed E-state index contributed by atoms with van der Waals surface area (Å²) in [5.41, 5.74) is 1.62. The van der Waals surface area contributed by atoms with E-state index in [2.05, 4.69) is 10.6 Å². The van der Waals surface area contributed by atoms with E-state index in [1.165, 1.54) is 0 Å². The number of aliphatic hydroxyl groups is 1. The van der Waals surface area contributed by atoms with Gasteiger partial charge in [-0.25, -0.2) is 4.79 Å². The minimum Gasteiger partial charge on any atom is -0.394 e. The number of amides is 3. The molecule has 1 fully saturated rings. The maximum Gasteiger partial charge on any atom is 0.315 e. The second-order valence-electron chi connectivity index (χ2n) is 7.34. The molecule has 3 N–H and O–H groups in total. The van der Waals surface area contributed by atoms with Crippen molar-refractivity contribution in [1.82, 2.24) is 15.5 Å². The van der Waals surface area contributed by atoms with Crippen LogP contribution in [0.4, 0.5) is 4.79 Å². The van der Waals surface area contributed by atoms with E-state index in [0.717, 1.165) is 5.56 Å². The smallest absolute Gasteiger partial charge is 0.315 e. The molecule has 0 unspecified atom stereocenters. The molecule has 1 saturated heterocycles. The largest absolute Gasteiger partial charge is 0.394 e. The van der Waals surface area contributed by atoms with Crippen LogP contribution in [-0.4, -0.2) is 53.2 Å². The summed E-state index contributed by atoms with van der Waals surface area (Å²) in [6.07, 6.45) is 0. The number of hydrogen-bond donors (Lipinski definition) is 3. The Morgan fingerprint density at radius 3 is 2.18 bits per heavy atom. The van der Waals surface area contributed by atoms with E-state index in [1.54, 1.807) is 17.0 Å². The standard InChI is InChI=1S/C22H27N3O3/c1-15(2)24-22(28)23-13-18-20(16-9-5-3-6-10-16)19(14-26)25(18)21(27)17-11-7-4-8-12-17/h3-12,15,18-20,26H,13-14H2,1-2H3,(H2,23,24,28)/t18-,19+,20+/m0/s1. The molecule has 2 aromatic carbocycles. The molecule has 3 rings (SSSR count). The fourth-order valence-corrected chi connectivity index (χ4v) is 3.83. The number of carbonyl (C=O) groups excluding carboxylic acids is 2. The van der Waals surface area contributed by atoms with Crippen molar-refractivity contribution in [3.05, 3.63) is 71.8 Å². The molecular formula is C22H27N3O3. The van der Waals surface area contributed by atoms with Gasteiger partial charge in [0.15, 0.2) is 0 Å². The zero-order chi connectivity index (χ0) is 20.1. The van der Waals surface area contributed by atoms with E-state index in [1.807, 2.05) is 62.4 Å². The fourth-order valence-electron chi connectivity index (χ4n) is 3.83. The molecule has 0 aliphatic carbocycles. The van der Waals surface area contributed by atoms with Crippen molar-refractivity contribution in [2.24, 2.45) is 0 Å². The third-order valence-corrected chi connectivity index (χ3v) is 5.06. The van der Waals surface area contributed by atoms with Gasteiger partial charge in [0.2, 0.25) is 0 Å². The number of carbonyl (C=O) groups is 2. The monoisotopic (exact) mass is 381 g/mol. The lowest BCUT2D eigenvalue weighted by Gasteiger charge is -2.55. The lowest BCUT2D eigenvalue weighted by molar-refractivity contribution is -0.0237. The number of urea groups is 1. The van der Waals surface area contributed by atoms with Crippen LogP contribution in [0.5, 0.6) is 0 Å². The van der Waals surface area contributed by atoms with Crippen LogP contribution in [0.25, 0.3) is 0 Å². The first kappa shape index (κ1) is 19.9. The van der Waals surface area contributed by atoms with Crippen LogP contribution in [0.3, 0.4) is 0 Å². The molecule has 0 radical (unpaired) electrons. The summed E-state index contributed by atoms with van der Waals surface area (Å²) in [7, 11) is 0. The number of aliphatic hydroxyl groups excluding tert-OH is 1. The Kier molecular flexibility index (Phi) is 6.31. The highest BCUT2D eigenvalue weighted by molar-refractivity contribution is 5.95. The molecule has 3 amide bonds. The zero-order valence-electron chi connectivity index (χ0n) is 16.2. The molecule has 1 aliphatic rings. The fraction of sp³-hybridized carbons (Fsp3) is 0.364. The highest BCUT2D eigenvalue weighted by Gasteiger charge is 2.51. The molecule has 2 aromatic rings. The number of benzene rings is 2. The number of hydrogen-bond acceptors (Lipinski definition) is 3. The number of rotatable bonds is 6. The third-order valence-electron chi connectivity index (χ3n) is 5.06. The van der Waals surface area contributed by atoms with Gasteiger partial charge in [-0.3, -0.25) is 4.79 Å². The van der Waals surface area contributed by atoms with Gasteiger partial charge >= 0.3 is 6.03 Å². The Bertz CT molecular complexity index is 795. The average Bonchev–Trinajstić information content (AvgIpc) is 2.68. The zero-order valence-corrected chi connectivity index (χ0v) is 16.2. The Labute approximate surface area is 165 Å². The second kappa shape index (κ2) is 8.89. The van der Waals surface area contributed by atoms with Gasteiger partial charge in [-0.1, -0.05) is 48.5 Å². The molecule has 0 bridgehead atoms. The van der Waals surface area contributed by atoms with Crippen LogP contribution < -0.4 is 10.6 Å². The van der Waals surface area contributed by atoms with Crippen LogP contribution >= 0.6 is 0 Å². The highest BCUT2D eigenvalue weighted by Crippen LogP contribution is 2.41. The minimum atomic E-state index is -0.324. The molecule has 0 aromatic heterocycles. The van der Waals surface area contributed by atoms with Gasteiger partial charge in [-0.05, 0) is 31.5 Å². The molecule has 3 atom stereocenters. The van der Waals surface area contributed by atoms with Gasteiger partial charge in [0.1, 0.15) is 0 Å². The van der Waals surface area contributed by atoms with Crippen LogP contribution in [0.1, 0.15) is 35.7 Å². The summed E-state index contributed by atoms with van der Waals surface area (Å²) in [5.74, 6) is -0.180. The van der Waals surface area contributed by atoms with Crippen molar-refractivity contribution in [2.45, 2.75) is 37.9 Å². The molecule has 6 nitrogen and oxygen atoms in total. The maximum absolute atomic E-state index is 13.1. The van der Waals surface area contributed by atoms with E-state index in [-0.39, 0.29) is 42.6 Å². The van der Waals surface area contributed by atoms with Gasteiger partial charge < -0.3 is 20.6 Å². The van der Waals surface area contributed by atoms with E-state index >= 15 is 0 Å². The normalized spacial score (nSPS) is 21.1. The third kappa shape index (κ3) is 4.17. The van der Waals surface area contributed by atoms with Crippen molar-refractivity contribution in [1.29, 1.82) is 0 Å². The predicted octanol–water partition coefficient (Wildman–Crippen LogP) is 2.36. The maximum atomic E-state index is 13.1. The van der Waals surface area contributed by atoms with E-state index < -0.39 is 0 Å². The predicted molar refractivity (Wildman–Crippen MR) is 108 cm³/mol. The summed E-state index contributed by atoms with van der Waals surface area (Å²) < 4.78 is 0. The SMILES string of the molecule is CC(C)NC(=O)NC[C@H]1[C@@H](c2ccccc2)[C@@H](CO)N1C(=O)c1ccccc1. The number of likely N-dealkylation sites (tertiary alicyclic amines) is 1. The van der Waals surface area contributed by atoms with Gasteiger partial charge in [-0.2, -0.15) is 0 Å². The van der Waals surface area contributed by atoms with Crippen molar-refractivity contribution in [3.8, 4) is 0 Å². The summed E-state index contributed by atoms with van der Waals surface area (Å²) in [5, 5.41) is 15.7. The van der Waals surface area contributed by atoms with Crippen LogP contribution in [0.2, 0.25) is 0 Å². The Balaban J connectivity index is 1.83. The minimum absolute atomic E-state index is 0.0264. The first-order valence-corrected chi connectivity index (χ1v) is 9.60. The van der Waals surface area contributed by atoms with Crippen LogP contribution in [-0.2, 0) is 0 Å². The summed E-state index contributed by atoms with van der Waals surface area (Å²) in [6.45, 7) is 3.96. The molecule has 0 spiro atoms. The molecule has 1 aliphatic heterocycles. The summed E-state index contributed by atoms with van der Waals surface area (Å²) in [4.78, 5) is 26.9. The van der Waals surface area contributed by atoms with Gasteiger partial charge in [-0.15, -0.1) is 0 Å². The number of nitrogens with one attached hydrogen (secondary N) is 2. The van der Waals surface area contributed by atoms with Crippen molar-refractivity contribution < 1.29 is 14.7 Å². The highest BCUT2D eigenvalue weighted by atomic mass is 16.3. The molecule has 28 heavy (non-hydrogen) atoms. The van der Waals surface area contributed by atoms with E-state index in [0.29, 0.717) is 12.1 Å². The molecule has 0 saturated carbocycles. The first-order valence-electron chi connectivity index (χ1n) is 9.60. The Morgan fingerprint density at radius 1 is 1.00 bits per heavy atom. The van der Waals surface area contributed by atoms with Crippen molar-refractivity contribution in [3.63, 3.8) is 0 Å². The summed E-state index contributed by atoms with van der Waals surface area (Å²) in [6, 6.07) is 18.1. The van der Waals surface area contributed by atoms with Gasteiger partial charge in [0.25, 0.3) is 5.91 Å². The molecule has 6 heteroatoms. The van der Waals surface area contributed by atoms with E-state index in [4.69, 9.17) is 0 Å². The van der Waals surface area contributed by atoms with Crippen molar-refractivity contribution >= 4 is 11.9 Å². The van der Waals surface area contributed by atoms with Crippen LogP contribution in [0.15, 0.2) is 60.7 Å². The first-order chi connectivity index (χ1) is 13.5. The molecule has 148 valence electrons. The average molecular weight is 381 g/mol. The quantitative estimate of drug-likeness (QED) is 0.718. The summed E-state index contributed by atoms with van der Waals surface area (Å²) >= 11 is 0. The molecular weight excluding hydrogens is 354 g/mol. The Morgan fingerprint density at radius 2 is 1.61 bits per heavy atom. The molecule has 1 heterocycles. The van der Waals surface area contributed by atoms with Gasteiger partial charge in [0.05, 0.1) is 18.7 Å². The van der Waals surface area contributed by atoms with Gasteiger partial charge in [0, 0.05) is 24.1 Å². The number of nitrogens with zero attached hydrogens (tertiary/aromatic N) is 1.